The molecule has 6 heteroatoms. The second-order valence-electron chi connectivity index (χ2n) is 6.29. The molecule has 0 radical (unpaired) electrons. The van der Waals surface area contributed by atoms with Crippen molar-refractivity contribution < 1.29 is 0 Å². The molecule has 140 valence electrons. The summed E-state index contributed by atoms with van der Waals surface area (Å²) in [6, 6.07) is 15.6. The van der Waals surface area contributed by atoms with Gasteiger partial charge in [0.15, 0.2) is 5.96 Å². The molecule has 27 heavy (non-hydrogen) atoms. The van der Waals surface area contributed by atoms with Crippen LogP contribution in [0, 0.1) is 6.92 Å². The Hall–Kier alpha value is -2.86. The van der Waals surface area contributed by atoms with Gasteiger partial charge in [0.25, 0.3) is 5.56 Å². The molecule has 2 N–H and O–H groups in total. The molecule has 3 aromatic rings. The third-order valence-corrected chi connectivity index (χ3v) is 5.37. The normalized spacial score (nSPS) is 11.4. The first kappa shape index (κ1) is 18.9. The van der Waals surface area contributed by atoms with Crippen molar-refractivity contribution in [2.24, 2.45) is 4.99 Å². The first-order valence-electron chi connectivity index (χ1n) is 8.86. The first-order valence-corrected chi connectivity index (χ1v) is 9.74. The Labute approximate surface area is 163 Å². The predicted molar refractivity (Wildman–Crippen MR) is 112 cm³/mol. The lowest BCUT2D eigenvalue weighted by atomic mass is 10.1. The Balaban J connectivity index is 1.52. The summed E-state index contributed by atoms with van der Waals surface area (Å²) in [5.41, 5.74) is 3.58. The molecule has 0 amide bonds. The minimum absolute atomic E-state index is 0.0131. The molecule has 0 unspecified atom stereocenters. The average Bonchev–Trinajstić information content (AvgIpc) is 3.10. The van der Waals surface area contributed by atoms with E-state index in [2.05, 4.69) is 58.3 Å². The zero-order valence-electron chi connectivity index (χ0n) is 15.6. The van der Waals surface area contributed by atoms with E-state index in [9.17, 15) is 4.79 Å². The molecular weight excluding hydrogens is 356 g/mol. The number of hydrogen-bond acceptors (Lipinski definition) is 3. The Bertz CT molecular complexity index is 957. The van der Waals surface area contributed by atoms with Crippen LogP contribution in [0.5, 0.6) is 0 Å². The molecule has 0 spiro atoms. The van der Waals surface area contributed by atoms with E-state index in [1.165, 1.54) is 10.4 Å². The van der Waals surface area contributed by atoms with Gasteiger partial charge in [-0.3, -0.25) is 9.79 Å². The van der Waals surface area contributed by atoms with Crippen LogP contribution in [-0.4, -0.2) is 17.6 Å². The van der Waals surface area contributed by atoms with Gasteiger partial charge in [-0.2, -0.15) is 0 Å². The minimum Gasteiger partial charge on any atom is -0.352 e. The van der Waals surface area contributed by atoms with Gasteiger partial charge in [0.1, 0.15) is 0 Å². The molecule has 0 aliphatic carbocycles. The van der Waals surface area contributed by atoms with Crippen molar-refractivity contribution in [1.29, 1.82) is 0 Å². The van der Waals surface area contributed by atoms with Gasteiger partial charge in [0.2, 0.25) is 0 Å². The van der Waals surface area contributed by atoms with E-state index >= 15 is 0 Å². The smallest absolute Gasteiger partial charge is 0.250 e. The van der Waals surface area contributed by atoms with E-state index < -0.39 is 0 Å². The molecule has 0 atom stereocenters. The average molecular weight is 381 g/mol. The Kier molecular flexibility index (Phi) is 6.44. The maximum Gasteiger partial charge on any atom is 0.250 e. The summed E-state index contributed by atoms with van der Waals surface area (Å²) in [6.07, 6.45) is 1.81. The number of hydrogen-bond donors (Lipinski definition) is 2. The highest BCUT2D eigenvalue weighted by Gasteiger charge is 2.03. The number of aliphatic imine (C=N–C) groups is 1. The molecule has 3 rings (SSSR count). The maximum absolute atomic E-state index is 11.8. The van der Waals surface area contributed by atoms with Crippen molar-refractivity contribution in [3.8, 4) is 0 Å². The Morgan fingerprint density at radius 2 is 1.78 bits per heavy atom. The molecule has 1 aromatic carbocycles. The van der Waals surface area contributed by atoms with Gasteiger partial charge in [-0.25, -0.2) is 0 Å². The zero-order valence-corrected chi connectivity index (χ0v) is 16.4. The number of guanidine groups is 1. The number of nitrogens with one attached hydrogen (secondary N) is 2. The monoisotopic (exact) mass is 380 g/mol. The van der Waals surface area contributed by atoms with Crippen molar-refractivity contribution in [2.75, 3.05) is 7.05 Å². The molecule has 0 bridgehead atoms. The van der Waals surface area contributed by atoms with E-state index in [1.807, 2.05) is 12.3 Å². The first-order chi connectivity index (χ1) is 13.2. The van der Waals surface area contributed by atoms with Crippen LogP contribution in [0.3, 0.4) is 0 Å². The van der Waals surface area contributed by atoms with Crippen molar-refractivity contribution in [3.63, 3.8) is 0 Å². The topological polar surface area (TPSA) is 58.4 Å². The van der Waals surface area contributed by atoms with Crippen LogP contribution in [0.4, 0.5) is 0 Å². The summed E-state index contributed by atoms with van der Waals surface area (Å²) in [4.78, 5) is 17.4. The van der Waals surface area contributed by atoms with Crippen LogP contribution in [0.1, 0.15) is 21.6 Å². The van der Waals surface area contributed by atoms with Crippen molar-refractivity contribution in [2.45, 2.75) is 26.6 Å². The third kappa shape index (κ3) is 5.31. The van der Waals surface area contributed by atoms with Crippen molar-refractivity contribution in [1.82, 2.24) is 15.2 Å². The molecule has 0 aliphatic heterocycles. The summed E-state index contributed by atoms with van der Waals surface area (Å²) >= 11 is 1.75. The summed E-state index contributed by atoms with van der Waals surface area (Å²) in [5, 5.41) is 8.78. The summed E-state index contributed by atoms with van der Waals surface area (Å²) in [7, 11) is 1.78. The van der Waals surface area contributed by atoms with Gasteiger partial charge < -0.3 is 15.2 Å². The highest BCUT2D eigenvalue weighted by Crippen LogP contribution is 2.14. The van der Waals surface area contributed by atoms with Gasteiger partial charge in [0.05, 0.1) is 13.1 Å². The number of benzene rings is 1. The maximum atomic E-state index is 11.8. The number of aromatic nitrogens is 1. The third-order valence-electron chi connectivity index (χ3n) is 4.34. The number of rotatable bonds is 6. The van der Waals surface area contributed by atoms with Crippen LogP contribution in [-0.2, 0) is 19.6 Å². The van der Waals surface area contributed by atoms with Crippen LogP contribution in [0.2, 0.25) is 0 Å². The van der Waals surface area contributed by atoms with Gasteiger partial charge in [-0.15, -0.1) is 11.3 Å². The highest BCUT2D eigenvalue weighted by molar-refractivity contribution is 7.10. The van der Waals surface area contributed by atoms with E-state index in [4.69, 9.17) is 0 Å². The predicted octanol–water partition coefficient (Wildman–Crippen LogP) is 3.13. The molecule has 0 saturated heterocycles. The lowest BCUT2D eigenvalue weighted by molar-refractivity contribution is 0.758. The molecule has 2 aromatic heterocycles. The van der Waals surface area contributed by atoms with Crippen LogP contribution < -0.4 is 16.2 Å². The van der Waals surface area contributed by atoms with Gasteiger partial charge in [-0.05, 0) is 41.1 Å². The van der Waals surface area contributed by atoms with Gasteiger partial charge in [0, 0.05) is 30.7 Å². The van der Waals surface area contributed by atoms with Gasteiger partial charge >= 0.3 is 0 Å². The zero-order chi connectivity index (χ0) is 19.1. The lowest BCUT2D eigenvalue weighted by Gasteiger charge is -2.12. The number of thiophene rings is 1. The second kappa shape index (κ2) is 9.19. The second-order valence-corrected chi connectivity index (χ2v) is 7.29. The number of aryl methyl sites for hydroxylation is 1. The van der Waals surface area contributed by atoms with Gasteiger partial charge in [-0.1, -0.05) is 30.3 Å². The molecule has 5 nitrogen and oxygen atoms in total. The van der Waals surface area contributed by atoms with E-state index in [0.29, 0.717) is 13.1 Å². The van der Waals surface area contributed by atoms with Crippen LogP contribution in [0.15, 0.2) is 69.9 Å². The van der Waals surface area contributed by atoms with E-state index in [1.54, 1.807) is 35.1 Å². The highest BCUT2D eigenvalue weighted by atomic mass is 32.1. The molecule has 0 aliphatic rings. The Morgan fingerprint density at radius 1 is 1.04 bits per heavy atom. The summed E-state index contributed by atoms with van der Waals surface area (Å²) in [5.74, 6) is 0.780. The quantitative estimate of drug-likeness (QED) is 0.510. The summed E-state index contributed by atoms with van der Waals surface area (Å²) < 4.78 is 1.70. The van der Waals surface area contributed by atoms with Crippen molar-refractivity contribution in [3.05, 3.63) is 92.0 Å². The minimum atomic E-state index is 0.0131. The fraction of sp³-hybridized carbons (Fsp3) is 0.238. The SMILES string of the molecule is CN=C(NCc1ccc(Cn2ccccc2=O)cc1)NCc1sccc1C. The fourth-order valence-corrected chi connectivity index (χ4v) is 3.55. The largest absolute Gasteiger partial charge is 0.352 e. The molecule has 0 fully saturated rings. The van der Waals surface area contributed by atoms with E-state index in [0.717, 1.165) is 23.6 Å². The number of nitrogens with zero attached hydrogens (tertiary/aromatic N) is 2. The van der Waals surface area contributed by atoms with Crippen LogP contribution in [0.25, 0.3) is 0 Å². The molecule has 2 heterocycles. The fourth-order valence-electron chi connectivity index (χ4n) is 2.71. The van der Waals surface area contributed by atoms with Crippen LogP contribution >= 0.6 is 11.3 Å². The van der Waals surface area contributed by atoms with E-state index in [-0.39, 0.29) is 5.56 Å². The lowest BCUT2D eigenvalue weighted by Crippen LogP contribution is -2.36. The molecular formula is C21H24N4OS. The summed E-state index contributed by atoms with van der Waals surface area (Å²) in [6.45, 7) is 4.16. The van der Waals surface area contributed by atoms with Crippen molar-refractivity contribution >= 4 is 17.3 Å². The number of pyridine rings is 1. The standard InChI is InChI=1S/C21H24N4OS/c1-16-10-12-27-19(16)14-24-21(22-2)23-13-17-6-8-18(9-7-17)15-25-11-4-3-5-20(25)26/h3-12H,13-15H2,1-2H3,(H2,22,23,24). The Morgan fingerprint density at radius 3 is 2.44 bits per heavy atom. The molecule has 0 saturated carbocycles.